The lowest BCUT2D eigenvalue weighted by Gasteiger charge is -2.29. The summed E-state index contributed by atoms with van der Waals surface area (Å²) in [6.07, 6.45) is 2.48. The van der Waals surface area contributed by atoms with Crippen LogP contribution in [0.3, 0.4) is 0 Å². The van der Waals surface area contributed by atoms with Gasteiger partial charge < -0.3 is 19.9 Å². The highest BCUT2D eigenvalue weighted by atomic mass is 16.5. The molecule has 1 aliphatic rings. The van der Waals surface area contributed by atoms with E-state index in [1.54, 1.807) is 11.9 Å². The quantitative estimate of drug-likeness (QED) is 0.312. The third-order valence-electron chi connectivity index (χ3n) is 6.71. The van der Waals surface area contributed by atoms with E-state index in [1.165, 1.54) is 7.11 Å². The molecule has 2 aromatic carbocycles. The number of rotatable bonds is 13. The summed E-state index contributed by atoms with van der Waals surface area (Å²) in [4.78, 5) is 38.3. The van der Waals surface area contributed by atoms with Crippen LogP contribution in [-0.2, 0) is 19.1 Å². The molecule has 0 heterocycles. The Hall–Kier alpha value is -3.39. The van der Waals surface area contributed by atoms with Crippen LogP contribution < -0.4 is 5.32 Å². The van der Waals surface area contributed by atoms with Gasteiger partial charge in [0, 0.05) is 12.5 Å². The second kappa shape index (κ2) is 13.1. The number of alkyl carbamates (subject to hydrolysis) is 1. The number of unbranched alkanes of at least 4 members (excludes halogenated alkanes) is 2. The van der Waals surface area contributed by atoms with E-state index < -0.39 is 30.1 Å². The van der Waals surface area contributed by atoms with Crippen LogP contribution in [0.25, 0.3) is 11.1 Å². The normalized spacial score (nSPS) is 14.0. The largest absolute Gasteiger partial charge is 0.480 e. The third kappa shape index (κ3) is 6.85. The monoisotopic (exact) mass is 496 g/mol. The maximum absolute atomic E-state index is 12.8. The fraction of sp³-hybridized carbons (Fsp3) is 0.464. The smallest absolute Gasteiger partial charge is 0.407 e. The minimum Gasteiger partial charge on any atom is -0.480 e. The molecule has 0 unspecified atom stereocenters. The van der Waals surface area contributed by atoms with Crippen molar-refractivity contribution >= 4 is 18.0 Å². The summed E-state index contributed by atoms with van der Waals surface area (Å²) in [6.45, 7) is 2.38. The zero-order valence-corrected chi connectivity index (χ0v) is 21.2. The van der Waals surface area contributed by atoms with E-state index >= 15 is 0 Å². The predicted molar refractivity (Wildman–Crippen MR) is 137 cm³/mol. The SMILES string of the molecule is CCCCC[C@@H](C(=O)O)N(C)C[C@@H](CC(=O)OC)NC(=O)OCC1c2ccccc2-c2ccccc21. The lowest BCUT2D eigenvalue weighted by atomic mass is 9.98. The van der Waals surface area contributed by atoms with Gasteiger partial charge in [-0.3, -0.25) is 14.5 Å². The Balaban J connectivity index is 1.65. The first-order valence-electron chi connectivity index (χ1n) is 12.5. The number of hydrogen-bond acceptors (Lipinski definition) is 6. The fourth-order valence-electron chi connectivity index (χ4n) is 4.85. The van der Waals surface area contributed by atoms with E-state index in [0.717, 1.165) is 41.5 Å². The Bertz CT molecular complexity index is 1010. The van der Waals surface area contributed by atoms with Crippen LogP contribution in [0.1, 0.15) is 56.1 Å². The molecule has 2 N–H and O–H groups in total. The van der Waals surface area contributed by atoms with Gasteiger partial charge in [-0.2, -0.15) is 0 Å². The number of methoxy groups -OCH3 is 1. The Labute approximate surface area is 212 Å². The predicted octanol–water partition coefficient (Wildman–Crippen LogP) is 4.42. The summed E-state index contributed by atoms with van der Waals surface area (Å²) < 4.78 is 10.4. The van der Waals surface area contributed by atoms with Gasteiger partial charge in [0.15, 0.2) is 0 Å². The number of esters is 1. The molecule has 8 heteroatoms. The zero-order valence-electron chi connectivity index (χ0n) is 21.2. The molecule has 1 amide bonds. The summed E-state index contributed by atoms with van der Waals surface area (Å²) in [5.41, 5.74) is 4.48. The number of benzene rings is 2. The van der Waals surface area contributed by atoms with E-state index in [1.807, 2.05) is 36.4 Å². The van der Waals surface area contributed by atoms with Crippen molar-refractivity contribution in [2.75, 3.05) is 27.3 Å². The molecular weight excluding hydrogens is 460 g/mol. The minimum absolute atomic E-state index is 0.0835. The third-order valence-corrected chi connectivity index (χ3v) is 6.71. The molecule has 0 radical (unpaired) electrons. The minimum atomic E-state index is -0.924. The number of amides is 1. The van der Waals surface area contributed by atoms with Crippen LogP contribution in [0.15, 0.2) is 48.5 Å². The lowest BCUT2D eigenvalue weighted by Crippen LogP contribution is -2.49. The zero-order chi connectivity index (χ0) is 26.1. The molecule has 2 atom stereocenters. The maximum atomic E-state index is 12.8. The number of carbonyl (C=O) groups is 3. The van der Waals surface area contributed by atoms with Crippen LogP contribution in [-0.4, -0.2) is 67.4 Å². The van der Waals surface area contributed by atoms with Crippen molar-refractivity contribution in [2.45, 2.75) is 57.0 Å². The number of carbonyl (C=O) groups excluding carboxylic acids is 2. The van der Waals surface area contributed by atoms with E-state index in [-0.39, 0.29) is 25.5 Å². The first kappa shape index (κ1) is 27.2. The number of ether oxygens (including phenoxy) is 2. The molecule has 0 saturated carbocycles. The Morgan fingerprint density at radius 2 is 1.64 bits per heavy atom. The second-order valence-corrected chi connectivity index (χ2v) is 9.24. The Kier molecular flexibility index (Phi) is 9.87. The van der Waals surface area contributed by atoms with Crippen molar-refractivity contribution in [3.63, 3.8) is 0 Å². The molecule has 8 nitrogen and oxygen atoms in total. The topological polar surface area (TPSA) is 105 Å². The van der Waals surface area contributed by atoms with Crippen molar-refractivity contribution in [3.05, 3.63) is 59.7 Å². The van der Waals surface area contributed by atoms with Crippen molar-refractivity contribution in [3.8, 4) is 11.1 Å². The highest BCUT2D eigenvalue weighted by Gasteiger charge is 2.30. The first-order valence-corrected chi connectivity index (χ1v) is 12.5. The van der Waals surface area contributed by atoms with E-state index in [0.29, 0.717) is 6.42 Å². The summed E-state index contributed by atoms with van der Waals surface area (Å²) in [5, 5.41) is 12.4. The van der Waals surface area contributed by atoms with Crippen LogP contribution in [0.2, 0.25) is 0 Å². The number of carboxylic acids is 1. The van der Waals surface area contributed by atoms with Crippen LogP contribution in [0, 0.1) is 0 Å². The van der Waals surface area contributed by atoms with E-state index in [4.69, 9.17) is 9.47 Å². The second-order valence-electron chi connectivity index (χ2n) is 9.24. The van der Waals surface area contributed by atoms with Crippen molar-refractivity contribution in [1.29, 1.82) is 0 Å². The highest BCUT2D eigenvalue weighted by Crippen LogP contribution is 2.44. The molecule has 0 saturated heterocycles. The van der Waals surface area contributed by atoms with E-state index in [2.05, 4.69) is 24.4 Å². The van der Waals surface area contributed by atoms with Gasteiger partial charge in [-0.1, -0.05) is 74.7 Å². The van der Waals surface area contributed by atoms with Crippen molar-refractivity contribution in [2.24, 2.45) is 0 Å². The van der Waals surface area contributed by atoms with Gasteiger partial charge in [0.2, 0.25) is 0 Å². The summed E-state index contributed by atoms with van der Waals surface area (Å²) in [7, 11) is 2.97. The highest BCUT2D eigenvalue weighted by molar-refractivity contribution is 5.79. The number of aliphatic carboxylic acids is 1. The molecule has 2 aromatic rings. The number of likely N-dealkylation sites (N-methyl/N-ethyl adjacent to an activating group) is 1. The lowest BCUT2D eigenvalue weighted by molar-refractivity contribution is -0.143. The van der Waals surface area contributed by atoms with Crippen LogP contribution >= 0.6 is 0 Å². The van der Waals surface area contributed by atoms with Gasteiger partial charge in [0.25, 0.3) is 0 Å². The molecule has 0 aromatic heterocycles. The average Bonchev–Trinajstić information content (AvgIpc) is 3.18. The summed E-state index contributed by atoms with van der Waals surface area (Å²) >= 11 is 0. The van der Waals surface area contributed by atoms with E-state index in [9.17, 15) is 19.5 Å². The van der Waals surface area contributed by atoms with Gasteiger partial charge in [0.05, 0.1) is 19.6 Å². The first-order chi connectivity index (χ1) is 17.3. The molecule has 0 fully saturated rings. The number of hydrogen-bond donors (Lipinski definition) is 2. The van der Waals surface area contributed by atoms with Crippen LogP contribution in [0.4, 0.5) is 4.79 Å². The number of nitrogens with one attached hydrogen (secondary N) is 1. The molecule has 194 valence electrons. The van der Waals surface area contributed by atoms with Gasteiger partial charge in [-0.25, -0.2) is 4.79 Å². The standard InChI is InChI=1S/C28H36N2O6/c1-4-5-6-15-25(27(32)33)30(2)17-19(16-26(31)35-3)29-28(34)36-18-24-22-13-9-7-11-20(22)21-12-8-10-14-23(21)24/h7-14,19,24-25H,4-6,15-18H2,1-3H3,(H,29,34)(H,32,33)/t19-,25+/m1/s1. The van der Waals surface area contributed by atoms with Gasteiger partial charge in [-0.15, -0.1) is 0 Å². The van der Waals surface area contributed by atoms with Gasteiger partial charge >= 0.3 is 18.0 Å². The molecule has 36 heavy (non-hydrogen) atoms. The molecule has 0 bridgehead atoms. The molecule has 0 spiro atoms. The number of carboxylic acid groups (broad SMARTS) is 1. The number of nitrogens with zero attached hydrogens (tertiary/aromatic N) is 1. The van der Waals surface area contributed by atoms with Gasteiger partial charge in [-0.05, 0) is 35.7 Å². The maximum Gasteiger partial charge on any atom is 0.407 e. The summed E-state index contributed by atoms with van der Waals surface area (Å²) in [5.74, 6) is -1.50. The van der Waals surface area contributed by atoms with Crippen molar-refractivity contribution < 1.29 is 29.0 Å². The molecule has 3 rings (SSSR count). The Morgan fingerprint density at radius 3 is 2.19 bits per heavy atom. The number of fused-ring (bicyclic) bond motifs is 3. The van der Waals surface area contributed by atoms with Gasteiger partial charge in [0.1, 0.15) is 12.6 Å². The van der Waals surface area contributed by atoms with Crippen molar-refractivity contribution in [1.82, 2.24) is 10.2 Å². The van der Waals surface area contributed by atoms with Crippen LogP contribution in [0.5, 0.6) is 0 Å². The average molecular weight is 497 g/mol. The molecule has 0 aliphatic heterocycles. The molecular formula is C28H36N2O6. The fourth-order valence-corrected chi connectivity index (χ4v) is 4.85. The summed E-state index contributed by atoms with van der Waals surface area (Å²) in [6, 6.07) is 14.8. The molecule has 1 aliphatic carbocycles. The Morgan fingerprint density at radius 1 is 1.03 bits per heavy atom.